The van der Waals surface area contributed by atoms with Crippen molar-refractivity contribution in [2.75, 3.05) is 13.7 Å². The summed E-state index contributed by atoms with van der Waals surface area (Å²) in [6.07, 6.45) is 0.908. The average Bonchev–Trinajstić information content (AvgIpc) is 2.98. The first kappa shape index (κ1) is 22.4. The smallest absolute Gasteiger partial charge is 0.343 e. The molecule has 0 bridgehead atoms. The van der Waals surface area contributed by atoms with Gasteiger partial charge in [0.25, 0.3) is 0 Å². The molecule has 0 aliphatic rings. The number of rotatable bonds is 8. The summed E-state index contributed by atoms with van der Waals surface area (Å²) >= 11 is 0. The van der Waals surface area contributed by atoms with Crippen molar-refractivity contribution in [3.63, 3.8) is 0 Å². The van der Waals surface area contributed by atoms with E-state index >= 15 is 0 Å². The van der Waals surface area contributed by atoms with Crippen molar-refractivity contribution in [2.45, 2.75) is 26.4 Å². The second-order valence-corrected chi connectivity index (χ2v) is 6.36. The molecule has 0 atom stereocenters. The summed E-state index contributed by atoms with van der Waals surface area (Å²) in [7, 11) is 1.29. The van der Waals surface area contributed by atoms with Gasteiger partial charge in [-0.2, -0.15) is 0 Å². The van der Waals surface area contributed by atoms with E-state index in [-0.39, 0.29) is 35.9 Å². The number of hydrogen-bond acceptors (Lipinski definition) is 5. The van der Waals surface area contributed by atoms with Crippen LogP contribution in [0.15, 0.2) is 48.5 Å². The molecule has 7 nitrogen and oxygen atoms in total. The van der Waals surface area contributed by atoms with Crippen LogP contribution in [0.4, 0.5) is 0 Å². The second-order valence-electron chi connectivity index (χ2n) is 6.36. The van der Waals surface area contributed by atoms with Crippen LogP contribution in [0.5, 0.6) is 5.75 Å². The molecule has 0 aliphatic carbocycles. The van der Waals surface area contributed by atoms with Crippen LogP contribution in [0.3, 0.4) is 0 Å². The number of carbonyl (C=O) groups excluding carboxylic acids is 2. The van der Waals surface area contributed by atoms with Crippen molar-refractivity contribution < 1.29 is 19.1 Å². The van der Waals surface area contributed by atoms with Crippen LogP contribution in [0, 0.1) is 5.41 Å². The second kappa shape index (κ2) is 10.1. The van der Waals surface area contributed by atoms with E-state index < -0.39 is 5.97 Å². The lowest BCUT2D eigenvalue weighted by atomic mass is 10.1. The van der Waals surface area contributed by atoms with Gasteiger partial charge in [0.05, 0.1) is 24.7 Å². The Hall–Kier alpha value is -2.87. The zero-order chi connectivity index (χ0) is 20.1. The third-order valence-electron chi connectivity index (χ3n) is 4.48. The number of benzene rings is 2. The fraction of sp³-hybridized carbons (Fsp3) is 0.286. The maximum absolute atomic E-state index is 12.8. The number of ether oxygens (including phenoxy) is 2. The molecule has 3 rings (SSSR count). The molecule has 0 aliphatic heterocycles. The molecule has 0 saturated heterocycles. The number of nitrogens with zero attached hydrogens (tertiary/aromatic N) is 2. The van der Waals surface area contributed by atoms with Gasteiger partial charge in [-0.1, -0.05) is 19.1 Å². The number of nitrogens with one attached hydrogen (secondary N) is 1. The molecule has 2 aromatic carbocycles. The molecule has 154 valence electrons. The van der Waals surface area contributed by atoms with Gasteiger partial charge in [0.15, 0.2) is 12.4 Å². The highest BCUT2D eigenvalue weighted by Gasteiger charge is 2.14. The van der Waals surface area contributed by atoms with Crippen LogP contribution in [-0.2, 0) is 22.6 Å². The van der Waals surface area contributed by atoms with Crippen LogP contribution in [-0.4, -0.2) is 34.6 Å². The number of imidazole rings is 1. The van der Waals surface area contributed by atoms with Gasteiger partial charge >= 0.3 is 5.97 Å². The molecular weight excluding hydrogens is 438 g/mol. The number of aryl methyl sites for hydroxylation is 1. The van der Waals surface area contributed by atoms with Gasteiger partial charge in [-0.3, -0.25) is 10.2 Å². The van der Waals surface area contributed by atoms with Crippen molar-refractivity contribution in [1.29, 1.82) is 5.41 Å². The molecule has 1 heterocycles. The predicted molar refractivity (Wildman–Crippen MR) is 115 cm³/mol. The lowest BCUT2D eigenvalue weighted by molar-refractivity contribution is -0.142. The summed E-state index contributed by atoms with van der Waals surface area (Å²) in [5.74, 6) is -0.0873. The molecule has 0 unspecified atom stereocenters. The largest absolute Gasteiger partial charge is 0.482 e. The van der Waals surface area contributed by atoms with Crippen LogP contribution < -0.4 is 10.4 Å². The van der Waals surface area contributed by atoms with Crippen molar-refractivity contribution in [3.8, 4) is 5.75 Å². The predicted octanol–water partition coefficient (Wildman–Crippen LogP) is 3.34. The fourth-order valence-corrected chi connectivity index (χ4v) is 3.08. The zero-order valence-corrected chi connectivity index (χ0v) is 18.1. The number of carbonyl (C=O) groups is 2. The van der Waals surface area contributed by atoms with Gasteiger partial charge in [-0.25, -0.2) is 4.79 Å². The van der Waals surface area contributed by atoms with Crippen molar-refractivity contribution >= 4 is 39.8 Å². The van der Waals surface area contributed by atoms with E-state index in [9.17, 15) is 9.59 Å². The van der Waals surface area contributed by atoms with Crippen LogP contribution in [0.25, 0.3) is 11.0 Å². The highest BCUT2D eigenvalue weighted by molar-refractivity contribution is 8.93. The number of ketones is 1. The summed E-state index contributed by atoms with van der Waals surface area (Å²) in [6.45, 7) is 2.69. The van der Waals surface area contributed by atoms with E-state index in [1.807, 2.05) is 28.8 Å². The third-order valence-corrected chi connectivity index (χ3v) is 4.48. The number of Topliss-reactive ketones (excluding diaryl/α,β-unsaturated/α-hetero) is 1. The minimum absolute atomic E-state index is 0. The van der Waals surface area contributed by atoms with Crippen molar-refractivity contribution in [3.05, 3.63) is 59.7 Å². The Morgan fingerprint density at radius 2 is 1.62 bits per heavy atom. The van der Waals surface area contributed by atoms with Gasteiger partial charge in [-0.15, -0.1) is 17.0 Å². The SMILES string of the molecule is Br.CCCn1c(=N)n(CC(=O)c2ccc(OCC(=O)OC)cc2)c2ccccc21. The summed E-state index contributed by atoms with van der Waals surface area (Å²) in [6, 6.07) is 14.3. The molecule has 1 aromatic heterocycles. The van der Waals surface area contributed by atoms with Crippen LogP contribution in [0.1, 0.15) is 23.7 Å². The molecule has 0 amide bonds. The Kier molecular flexibility index (Phi) is 7.78. The van der Waals surface area contributed by atoms with E-state index in [1.165, 1.54) is 7.11 Å². The maximum Gasteiger partial charge on any atom is 0.343 e. The quantitative estimate of drug-likeness (QED) is 0.411. The summed E-state index contributed by atoms with van der Waals surface area (Å²) in [5, 5.41) is 8.49. The first-order valence-corrected chi connectivity index (χ1v) is 9.10. The molecule has 3 aromatic rings. The first-order chi connectivity index (χ1) is 13.5. The number of esters is 1. The highest BCUT2D eigenvalue weighted by atomic mass is 79.9. The van der Waals surface area contributed by atoms with Gasteiger partial charge in [-0.05, 0) is 42.8 Å². The molecule has 0 saturated carbocycles. The minimum Gasteiger partial charge on any atom is -0.482 e. The Balaban J connectivity index is 0.00000300. The highest BCUT2D eigenvalue weighted by Crippen LogP contribution is 2.16. The lowest BCUT2D eigenvalue weighted by Crippen LogP contribution is -2.27. The Morgan fingerprint density at radius 1 is 1.00 bits per heavy atom. The first-order valence-electron chi connectivity index (χ1n) is 9.10. The van der Waals surface area contributed by atoms with Crippen LogP contribution >= 0.6 is 17.0 Å². The van der Waals surface area contributed by atoms with Gasteiger partial charge < -0.3 is 18.6 Å². The lowest BCUT2D eigenvalue weighted by Gasteiger charge is -2.07. The Morgan fingerprint density at radius 3 is 2.21 bits per heavy atom. The maximum atomic E-state index is 12.8. The minimum atomic E-state index is -0.469. The Labute approximate surface area is 179 Å². The van der Waals surface area contributed by atoms with Gasteiger partial charge in [0.1, 0.15) is 5.75 Å². The number of hydrogen-bond donors (Lipinski definition) is 1. The van der Waals surface area contributed by atoms with E-state index in [0.29, 0.717) is 16.9 Å². The number of aromatic nitrogens is 2. The summed E-state index contributed by atoms with van der Waals surface area (Å²) in [5.41, 5.74) is 2.65. The molecule has 1 N–H and O–H groups in total. The average molecular weight is 462 g/mol. The molecule has 29 heavy (non-hydrogen) atoms. The zero-order valence-electron chi connectivity index (χ0n) is 16.4. The standard InChI is InChI=1S/C21H23N3O4.BrH/c1-3-12-23-17-6-4-5-7-18(17)24(21(23)22)13-19(25)15-8-10-16(11-9-15)28-14-20(26)27-2;/h4-11,22H,3,12-14H2,1-2H3;1H. The number of methoxy groups -OCH3 is 1. The molecular formula is C21H24BrN3O4. The number of para-hydroxylation sites is 2. The monoisotopic (exact) mass is 461 g/mol. The third kappa shape index (κ3) is 4.95. The Bertz CT molecular complexity index is 1050. The molecule has 0 fully saturated rings. The normalized spacial score (nSPS) is 10.4. The van der Waals surface area contributed by atoms with Gasteiger partial charge in [0, 0.05) is 12.1 Å². The molecule has 8 heteroatoms. The summed E-state index contributed by atoms with van der Waals surface area (Å²) < 4.78 is 13.5. The summed E-state index contributed by atoms with van der Waals surface area (Å²) in [4.78, 5) is 23.9. The van der Waals surface area contributed by atoms with Crippen LogP contribution in [0.2, 0.25) is 0 Å². The molecule has 0 spiro atoms. The van der Waals surface area contributed by atoms with E-state index in [4.69, 9.17) is 10.1 Å². The topological polar surface area (TPSA) is 86.3 Å². The van der Waals surface area contributed by atoms with E-state index in [0.717, 1.165) is 24.0 Å². The van der Waals surface area contributed by atoms with E-state index in [2.05, 4.69) is 11.7 Å². The number of halogens is 1. The fourth-order valence-electron chi connectivity index (χ4n) is 3.08. The van der Waals surface area contributed by atoms with E-state index in [1.54, 1.807) is 28.8 Å². The molecule has 0 radical (unpaired) electrons. The number of fused-ring (bicyclic) bond motifs is 1. The van der Waals surface area contributed by atoms with Crippen molar-refractivity contribution in [1.82, 2.24) is 9.13 Å². The van der Waals surface area contributed by atoms with Crippen molar-refractivity contribution in [2.24, 2.45) is 0 Å². The van der Waals surface area contributed by atoms with Gasteiger partial charge in [0.2, 0.25) is 5.62 Å².